The van der Waals surface area contributed by atoms with Gasteiger partial charge in [-0.3, -0.25) is 14.4 Å². The second kappa shape index (κ2) is 13.4. The highest BCUT2D eigenvalue weighted by Crippen LogP contribution is 2.30. The number of alkyl halides is 3. The third-order valence-corrected chi connectivity index (χ3v) is 6.96. The average Bonchev–Trinajstić information content (AvgIpc) is 2.93. The Bertz CT molecular complexity index is 1140. The van der Waals surface area contributed by atoms with Gasteiger partial charge in [0.15, 0.2) is 5.78 Å². The van der Waals surface area contributed by atoms with E-state index in [0.29, 0.717) is 25.7 Å². The molecule has 0 bridgehead atoms. The number of benzene rings is 2. The van der Waals surface area contributed by atoms with Crippen LogP contribution in [0.1, 0.15) is 67.1 Å². The molecule has 2 aromatic carbocycles. The normalized spacial score (nSPS) is 19.4. The van der Waals surface area contributed by atoms with Gasteiger partial charge in [-0.15, -0.1) is 0 Å². The Hall–Kier alpha value is -3.28. The van der Waals surface area contributed by atoms with Crippen molar-refractivity contribution in [2.24, 2.45) is 11.7 Å². The van der Waals surface area contributed by atoms with Crippen LogP contribution in [0.4, 0.5) is 13.2 Å². The van der Waals surface area contributed by atoms with Crippen molar-refractivity contribution in [3.63, 3.8) is 0 Å². The first kappa shape index (κ1) is 31.3. The van der Waals surface area contributed by atoms with E-state index in [9.17, 15) is 32.7 Å². The van der Waals surface area contributed by atoms with E-state index in [4.69, 9.17) is 10.5 Å². The van der Waals surface area contributed by atoms with E-state index in [1.54, 1.807) is 0 Å². The van der Waals surface area contributed by atoms with E-state index in [1.165, 1.54) is 13.8 Å². The number of nitrogens with two attached hydrogens (primary N) is 1. The molecule has 5 N–H and O–H groups in total. The SMILES string of the molecule is CC(C)(N)C(=O)OCC(NC(=O)C1CCC(NC(CO)C(=O)c2ccc(C(F)(F)F)cc2)CC1)c1ccccc1. The number of nitrogens with one attached hydrogen (secondary N) is 2. The molecule has 1 aliphatic carbocycles. The van der Waals surface area contributed by atoms with Gasteiger partial charge in [0.1, 0.15) is 12.1 Å². The van der Waals surface area contributed by atoms with Crippen LogP contribution in [0.5, 0.6) is 0 Å². The molecule has 2 unspecified atom stereocenters. The molecule has 0 heterocycles. The van der Waals surface area contributed by atoms with Gasteiger partial charge in [-0.2, -0.15) is 13.2 Å². The van der Waals surface area contributed by atoms with Crippen molar-refractivity contribution in [1.29, 1.82) is 0 Å². The van der Waals surface area contributed by atoms with Gasteiger partial charge in [-0.05, 0) is 57.2 Å². The molecule has 1 saturated carbocycles. The lowest BCUT2D eigenvalue weighted by atomic mass is 9.84. The van der Waals surface area contributed by atoms with E-state index in [-0.39, 0.29) is 30.0 Å². The fraction of sp³-hybridized carbons (Fsp3) is 0.483. The highest BCUT2D eigenvalue weighted by molar-refractivity contribution is 6.00. The quantitative estimate of drug-likeness (QED) is 0.243. The van der Waals surface area contributed by atoms with Crippen LogP contribution in [0.15, 0.2) is 54.6 Å². The van der Waals surface area contributed by atoms with Crippen molar-refractivity contribution in [1.82, 2.24) is 10.6 Å². The summed E-state index contributed by atoms with van der Waals surface area (Å²) in [4.78, 5) is 38.1. The van der Waals surface area contributed by atoms with Crippen molar-refractivity contribution < 1.29 is 37.4 Å². The summed E-state index contributed by atoms with van der Waals surface area (Å²) in [5, 5.41) is 15.9. The van der Waals surface area contributed by atoms with Gasteiger partial charge in [0, 0.05) is 17.5 Å². The number of aliphatic hydroxyl groups excluding tert-OH is 1. The number of ketones is 1. The predicted octanol–water partition coefficient (Wildman–Crippen LogP) is 3.54. The molecule has 11 heteroatoms. The zero-order valence-corrected chi connectivity index (χ0v) is 22.5. The maximum atomic E-state index is 13.1. The van der Waals surface area contributed by atoms with Crippen LogP contribution < -0.4 is 16.4 Å². The number of hydrogen-bond donors (Lipinski definition) is 4. The number of halogens is 3. The second-order valence-electron chi connectivity index (χ2n) is 10.7. The number of esters is 1. The Labute approximate surface area is 231 Å². The Kier molecular flexibility index (Phi) is 10.5. The second-order valence-corrected chi connectivity index (χ2v) is 10.7. The zero-order valence-electron chi connectivity index (χ0n) is 22.5. The van der Waals surface area contributed by atoms with Crippen molar-refractivity contribution in [2.75, 3.05) is 13.2 Å². The molecule has 2 aromatic rings. The molecule has 0 radical (unpaired) electrons. The van der Waals surface area contributed by atoms with Crippen LogP contribution in [0, 0.1) is 5.92 Å². The third-order valence-electron chi connectivity index (χ3n) is 6.96. The van der Waals surface area contributed by atoms with Crippen molar-refractivity contribution in [2.45, 2.75) is 69.4 Å². The zero-order chi connectivity index (χ0) is 29.5. The molecule has 0 spiro atoms. The number of ether oxygens (including phenoxy) is 1. The lowest BCUT2D eigenvalue weighted by Gasteiger charge is -2.32. The fourth-order valence-corrected chi connectivity index (χ4v) is 4.58. The number of hydrogen-bond acceptors (Lipinski definition) is 7. The molecule has 1 fully saturated rings. The summed E-state index contributed by atoms with van der Waals surface area (Å²) in [5.41, 5.74) is 4.63. The smallest absolute Gasteiger partial charge is 0.416 e. The molecule has 0 aromatic heterocycles. The topological polar surface area (TPSA) is 131 Å². The number of Topliss-reactive ketones (excluding diaryl/α,β-unsaturated/α-hetero) is 1. The Morgan fingerprint density at radius 3 is 2.12 bits per heavy atom. The van der Waals surface area contributed by atoms with Crippen LogP contribution in [-0.4, -0.2) is 53.6 Å². The monoisotopic (exact) mass is 563 g/mol. The van der Waals surface area contributed by atoms with Gasteiger partial charge in [-0.25, -0.2) is 0 Å². The number of carbonyl (C=O) groups excluding carboxylic acids is 3. The van der Waals surface area contributed by atoms with Gasteiger partial charge in [0.25, 0.3) is 0 Å². The molecule has 2 atom stereocenters. The molecule has 40 heavy (non-hydrogen) atoms. The summed E-state index contributed by atoms with van der Waals surface area (Å²) in [6.45, 7) is 2.49. The molecule has 1 amide bonds. The Morgan fingerprint density at radius 2 is 1.60 bits per heavy atom. The highest BCUT2D eigenvalue weighted by Gasteiger charge is 2.33. The maximum absolute atomic E-state index is 13.1. The lowest BCUT2D eigenvalue weighted by molar-refractivity contribution is -0.150. The molecule has 1 aliphatic rings. The first-order chi connectivity index (χ1) is 18.8. The van der Waals surface area contributed by atoms with E-state index >= 15 is 0 Å². The van der Waals surface area contributed by atoms with Gasteiger partial charge in [0.05, 0.1) is 24.3 Å². The van der Waals surface area contributed by atoms with E-state index in [2.05, 4.69) is 10.6 Å². The van der Waals surface area contributed by atoms with Crippen LogP contribution in [0.2, 0.25) is 0 Å². The number of amides is 1. The van der Waals surface area contributed by atoms with E-state index < -0.39 is 47.7 Å². The summed E-state index contributed by atoms with van der Waals surface area (Å²) >= 11 is 0. The largest absolute Gasteiger partial charge is 0.462 e. The summed E-state index contributed by atoms with van der Waals surface area (Å²) < 4.78 is 43.8. The highest BCUT2D eigenvalue weighted by atomic mass is 19.4. The summed E-state index contributed by atoms with van der Waals surface area (Å²) in [7, 11) is 0. The maximum Gasteiger partial charge on any atom is 0.416 e. The number of carbonyl (C=O) groups is 3. The van der Waals surface area contributed by atoms with E-state index in [0.717, 1.165) is 29.8 Å². The standard InChI is InChI=1S/C29H36F3N3O5/c1-28(2,33)27(39)40-17-24(18-6-4-3-5-7-18)35-26(38)20-10-14-22(15-11-20)34-23(16-36)25(37)19-8-12-21(13-9-19)29(30,31)32/h3-9,12-13,20,22-24,34,36H,10-11,14-17,33H2,1-2H3,(H,35,38). The van der Waals surface area contributed by atoms with Crippen molar-refractivity contribution in [3.05, 3.63) is 71.3 Å². The van der Waals surface area contributed by atoms with Gasteiger partial charge < -0.3 is 26.2 Å². The molecule has 218 valence electrons. The van der Waals surface area contributed by atoms with Gasteiger partial charge >= 0.3 is 12.1 Å². The average molecular weight is 564 g/mol. The minimum absolute atomic E-state index is 0.0679. The number of rotatable bonds is 11. The summed E-state index contributed by atoms with van der Waals surface area (Å²) in [6.07, 6.45) is -2.35. The Morgan fingerprint density at radius 1 is 1.00 bits per heavy atom. The van der Waals surface area contributed by atoms with Crippen molar-refractivity contribution >= 4 is 17.7 Å². The fourth-order valence-electron chi connectivity index (χ4n) is 4.58. The van der Waals surface area contributed by atoms with Gasteiger partial charge in [0.2, 0.25) is 5.91 Å². The van der Waals surface area contributed by atoms with E-state index in [1.807, 2.05) is 30.3 Å². The molecule has 0 saturated heterocycles. The first-order valence-corrected chi connectivity index (χ1v) is 13.2. The van der Waals surface area contributed by atoms with Crippen LogP contribution >= 0.6 is 0 Å². The predicted molar refractivity (Wildman–Crippen MR) is 142 cm³/mol. The molecular weight excluding hydrogens is 527 g/mol. The minimum Gasteiger partial charge on any atom is -0.462 e. The molecule has 3 rings (SSSR count). The lowest BCUT2D eigenvalue weighted by Crippen LogP contribution is -2.48. The molecule has 8 nitrogen and oxygen atoms in total. The van der Waals surface area contributed by atoms with Crippen LogP contribution in [0.3, 0.4) is 0 Å². The minimum atomic E-state index is -4.51. The van der Waals surface area contributed by atoms with Crippen molar-refractivity contribution in [3.8, 4) is 0 Å². The summed E-state index contributed by atoms with van der Waals surface area (Å²) in [5.74, 6) is -1.57. The molecule has 0 aliphatic heterocycles. The third kappa shape index (κ3) is 8.61. The van der Waals surface area contributed by atoms with Crippen LogP contribution in [-0.2, 0) is 20.5 Å². The first-order valence-electron chi connectivity index (χ1n) is 13.2. The molecular formula is C29H36F3N3O5. The number of aliphatic hydroxyl groups is 1. The van der Waals surface area contributed by atoms with Gasteiger partial charge in [-0.1, -0.05) is 42.5 Å². The summed E-state index contributed by atoms with van der Waals surface area (Å²) in [6, 6.07) is 11.3. The van der Waals surface area contributed by atoms with Crippen LogP contribution in [0.25, 0.3) is 0 Å². The Balaban J connectivity index is 1.55.